The first kappa shape index (κ1) is 18.0. The number of nitrogens with one attached hydrogen (secondary N) is 2. The van der Waals surface area contributed by atoms with E-state index in [1.165, 1.54) is 9.80 Å². The van der Waals surface area contributed by atoms with Crippen LogP contribution in [-0.2, 0) is 9.59 Å². The maximum Gasteiger partial charge on any atom is 0.405 e. The fraction of sp³-hybridized carbons (Fsp3) is 0.857. The first-order valence-electron chi connectivity index (χ1n) is 7.82. The lowest BCUT2D eigenvalue weighted by molar-refractivity contribution is -0.184. The molecule has 0 saturated carbocycles. The van der Waals surface area contributed by atoms with Crippen LogP contribution in [0.15, 0.2) is 0 Å². The molecule has 0 aromatic carbocycles. The zero-order valence-electron chi connectivity index (χ0n) is 13.2. The summed E-state index contributed by atoms with van der Waals surface area (Å²) in [7, 11) is 1.65. The minimum absolute atomic E-state index is 0.0622. The van der Waals surface area contributed by atoms with Gasteiger partial charge in [-0.25, -0.2) is 0 Å². The molecule has 23 heavy (non-hydrogen) atoms. The lowest BCUT2D eigenvalue weighted by atomic mass is 9.95. The molecule has 2 aliphatic heterocycles. The van der Waals surface area contributed by atoms with Gasteiger partial charge in [-0.2, -0.15) is 13.2 Å². The number of alkyl halides is 3. The number of carbonyl (C=O) groups excluding carboxylic acids is 2. The molecule has 2 amide bonds. The molecule has 9 heteroatoms. The van der Waals surface area contributed by atoms with E-state index in [9.17, 15) is 22.8 Å². The number of likely N-dealkylation sites (tertiary alicyclic amines) is 1. The molecule has 0 aromatic heterocycles. The number of rotatable bonds is 4. The minimum atomic E-state index is -4.40. The zero-order valence-corrected chi connectivity index (χ0v) is 13.2. The molecule has 2 N–H and O–H groups in total. The molecule has 132 valence electrons. The van der Waals surface area contributed by atoms with Gasteiger partial charge in [0.2, 0.25) is 11.8 Å². The van der Waals surface area contributed by atoms with E-state index in [0.717, 1.165) is 0 Å². The van der Waals surface area contributed by atoms with Crippen LogP contribution in [0.1, 0.15) is 12.8 Å². The smallest absolute Gasteiger partial charge is 0.354 e. The third-order valence-corrected chi connectivity index (χ3v) is 4.47. The molecular formula is C14H23F3N4O2. The molecule has 2 heterocycles. The monoisotopic (exact) mass is 336 g/mol. The maximum absolute atomic E-state index is 13.2. The Balaban J connectivity index is 1.90. The third kappa shape index (κ3) is 4.81. The fourth-order valence-electron chi connectivity index (χ4n) is 2.95. The molecule has 2 unspecified atom stereocenters. The quantitative estimate of drug-likeness (QED) is 0.747. The lowest BCUT2D eigenvalue weighted by Crippen LogP contribution is -2.58. The largest absolute Gasteiger partial charge is 0.405 e. The Morgan fingerprint density at radius 3 is 2.57 bits per heavy atom. The normalized spacial score (nSPS) is 25.3. The lowest BCUT2D eigenvalue weighted by Gasteiger charge is -2.36. The van der Waals surface area contributed by atoms with E-state index in [1.807, 2.05) is 0 Å². The van der Waals surface area contributed by atoms with Crippen LogP contribution < -0.4 is 10.6 Å². The van der Waals surface area contributed by atoms with Gasteiger partial charge in [0.1, 0.15) is 6.04 Å². The second-order valence-corrected chi connectivity index (χ2v) is 6.09. The Bertz CT molecular complexity index is 438. The van der Waals surface area contributed by atoms with Crippen molar-refractivity contribution in [3.63, 3.8) is 0 Å². The summed E-state index contributed by atoms with van der Waals surface area (Å²) < 4.78 is 39.7. The summed E-state index contributed by atoms with van der Waals surface area (Å²) in [5.74, 6) is -1.14. The summed E-state index contributed by atoms with van der Waals surface area (Å²) in [4.78, 5) is 26.6. The van der Waals surface area contributed by atoms with Gasteiger partial charge < -0.3 is 15.5 Å². The molecule has 2 saturated heterocycles. The number of hydrogen-bond acceptors (Lipinski definition) is 4. The van der Waals surface area contributed by atoms with Crippen LogP contribution in [0, 0.1) is 5.92 Å². The summed E-state index contributed by atoms with van der Waals surface area (Å²) >= 11 is 0. The standard InChI is InChI=1S/C14H23F3N4O2/c1-20-5-2-10(8-12(20)22)13(23)19-9-11(14(15,16)17)21-6-3-18-4-7-21/h10-11,18H,2-9H2,1H3,(H,19,23). The summed E-state index contributed by atoms with van der Waals surface area (Å²) in [5.41, 5.74) is 0. The maximum atomic E-state index is 13.2. The summed E-state index contributed by atoms with van der Waals surface area (Å²) in [5, 5.41) is 5.41. The van der Waals surface area contributed by atoms with E-state index in [2.05, 4.69) is 10.6 Å². The highest BCUT2D eigenvalue weighted by Gasteiger charge is 2.44. The summed E-state index contributed by atoms with van der Waals surface area (Å²) in [6.07, 6.45) is -3.85. The average molecular weight is 336 g/mol. The topological polar surface area (TPSA) is 64.7 Å². The van der Waals surface area contributed by atoms with E-state index in [-0.39, 0.29) is 12.3 Å². The highest BCUT2D eigenvalue weighted by atomic mass is 19.4. The van der Waals surface area contributed by atoms with Crippen molar-refractivity contribution in [2.24, 2.45) is 5.92 Å². The van der Waals surface area contributed by atoms with Crippen LogP contribution in [0.4, 0.5) is 13.2 Å². The van der Waals surface area contributed by atoms with Crippen LogP contribution in [0.25, 0.3) is 0 Å². The number of piperazine rings is 1. The minimum Gasteiger partial charge on any atom is -0.354 e. The Kier molecular flexibility index (Phi) is 5.85. The number of carbonyl (C=O) groups is 2. The molecule has 2 fully saturated rings. The first-order valence-corrected chi connectivity index (χ1v) is 7.82. The summed E-state index contributed by atoms with van der Waals surface area (Å²) in [6, 6.07) is -1.68. The van der Waals surface area contributed by atoms with Gasteiger partial charge in [0, 0.05) is 58.7 Å². The Morgan fingerprint density at radius 1 is 1.35 bits per heavy atom. The third-order valence-electron chi connectivity index (χ3n) is 4.47. The number of hydrogen-bond donors (Lipinski definition) is 2. The van der Waals surface area contributed by atoms with Crippen molar-refractivity contribution in [1.82, 2.24) is 20.4 Å². The number of nitrogens with zero attached hydrogens (tertiary/aromatic N) is 2. The van der Waals surface area contributed by atoms with Gasteiger partial charge in [-0.15, -0.1) is 0 Å². The van der Waals surface area contributed by atoms with Crippen molar-refractivity contribution in [3.05, 3.63) is 0 Å². The predicted molar refractivity (Wildman–Crippen MR) is 77.7 cm³/mol. The second-order valence-electron chi connectivity index (χ2n) is 6.09. The zero-order chi connectivity index (χ0) is 17.0. The predicted octanol–water partition coefficient (Wildman–Crippen LogP) is -0.193. The average Bonchev–Trinajstić information content (AvgIpc) is 2.49. The van der Waals surface area contributed by atoms with Crippen LogP contribution in [0.5, 0.6) is 0 Å². The van der Waals surface area contributed by atoms with Crippen LogP contribution in [-0.4, -0.2) is 80.1 Å². The fourth-order valence-corrected chi connectivity index (χ4v) is 2.95. The Morgan fingerprint density at radius 2 is 2.00 bits per heavy atom. The van der Waals surface area contributed by atoms with Gasteiger partial charge in [-0.1, -0.05) is 0 Å². The molecule has 2 aliphatic rings. The first-order chi connectivity index (χ1) is 10.8. The van der Waals surface area contributed by atoms with Crippen molar-refractivity contribution in [2.45, 2.75) is 25.1 Å². The molecule has 0 aliphatic carbocycles. The van der Waals surface area contributed by atoms with Crippen LogP contribution >= 0.6 is 0 Å². The van der Waals surface area contributed by atoms with E-state index in [0.29, 0.717) is 39.1 Å². The van der Waals surface area contributed by atoms with Gasteiger partial charge in [-0.05, 0) is 6.42 Å². The molecule has 0 bridgehead atoms. The second kappa shape index (κ2) is 7.48. The molecule has 2 rings (SSSR count). The van der Waals surface area contributed by atoms with E-state index in [4.69, 9.17) is 0 Å². The number of amides is 2. The van der Waals surface area contributed by atoms with E-state index in [1.54, 1.807) is 7.05 Å². The van der Waals surface area contributed by atoms with Crippen molar-refractivity contribution >= 4 is 11.8 Å². The number of halogens is 3. The Labute approximate surface area is 133 Å². The van der Waals surface area contributed by atoms with Crippen LogP contribution in [0.3, 0.4) is 0 Å². The molecule has 0 radical (unpaired) electrons. The highest BCUT2D eigenvalue weighted by molar-refractivity contribution is 5.86. The van der Waals surface area contributed by atoms with Gasteiger partial charge in [0.25, 0.3) is 0 Å². The van der Waals surface area contributed by atoms with Crippen molar-refractivity contribution in [1.29, 1.82) is 0 Å². The van der Waals surface area contributed by atoms with Gasteiger partial charge in [0.15, 0.2) is 0 Å². The van der Waals surface area contributed by atoms with Crippen molar-refractivity contribution in [2.75, 3.05) is 46.3 Å². The molecule has 0 spiro atoms. The molecular weight excluding hydrogens is 313 g/mol. The summed E-state index contributed by atoms with van der Waals surface area (Å²) in [6.45, 7) is 1.59. The van der Waals surface area contributed by atoms with E-state index < -0.39 is 30.6 Å². The van der Waals surface area contributed by atoms with Gasteiger partial charge in [-0.3, -0.25) is 14.5 Å². The Hall–Kier alpha value is -1.35. The SMILES string of the molecule is CN1CCC(C(=O)NCC(N2CCNCC2)C(F)(F)F)CC1=O. The molecule has 6 nitrogen and oxygen atoms in total. The van der Waals surface area contributed by atoms with E-state index >= 15 is 0 Å². The number of piperidine rings is 1. The van der Waals surface area contributed by atoms with Crippen LogP contribution in [0.2, 0.25) is 0 Å². The molecule has 0 aromatic rings. The highest BCUT2D eigenvalue weighted by Crippen LogP contribution is 2.25. The molecule has 2 atom stereocenters. The van der Waals surface area contributed by atoms with Crippen molar-refractivity contribution < 1.29 is 22.8 Å². The van der Waals surface area contributed by atoms with Gasteiger partial charge in [0.05, 0.1) is 0 Å². The van der Waals surface area contributed by atoms with Crippen molar-refractivity contribution in [3.8, 4) is 0 Å². The van der Waals surface area contributed by atoms with Gasteiger partial charge >= 0.3 is 6.18 Å².